The van der Waals surface area contributed by atoms with Crippen molar-refractivity contribution in [2.24, 2.45) is 0 Å². The van der Waals surface area contributed by atoms with Gasteiger partial charge in [0.15, 0.2) is 0 Å². The average Bonchev–Trinajstić information content (AvgIpc) is 2.91. The zero-order valence-electron chi connectivity index (χ0n) is 10.8. The number of urea groups is 1. The van der Waals surface area contributed by atoms with E-state index in [-0.39, 0.29) is 19.0 Å². The molecule has 102 valence electrons. The van der Waals surface area contributed by atoms with Gasteiger partial charge in [-0.15, -0.1) is 0 Å². The summed E-state index contributed by atoms with van der Waals surface area (Å²) in [6.45, 7) is -0.319. The van der Waals surface area contributed by atoms with E-state index < -0.39 is 17.5 Å². The van der Waals surface area contributed by atoms with Crippen LogP contribution in [-0.2, 0) is 9.59 Å². The van der Waals surface area contributed by atoms with Gasteiger partial charge in [-0.05, 0) is 25.7 Å². The number of amides is 4. The van der Waals surface area contributed by atoms with E-state index in [0.29, 0.717) is 12.8 Å². The minimum atomic E-state index is -0.825. The number of nitrogens with zero attached hydrogens (tertiary/aromatic N) is 3. The van der Waals surface area contributed by atoms with E-state index in [1.807, 2.05) is 0 Å². The number of imide groups is 1. The Hall–Kier alpha value is -2.10. The number of hydrogen-bond donors (Lipinski definition) is 1. The van der Waals surface area contributed by atoms with E-state index in [1.165, 1.54) is 11.9 Å². The second kappa shape index (κ2) is 4.88. The summed E-state index contributed by atoms with van der Waals surface area (Å²) >= 11 is 0. The Morgan fingerprint density at radius 1 is 1.42 bits per heavy atom. The number of likely N-dealkylation sites (N-methyl/N-ethyl adjacent to an activating group) is 1. The van der Waals surface area contributed by atoms with Gasteiger partial charge in [-0.1, -0.05) is 0 Å². The zero-order chi connectivity index (χ0) is 14.0. The molecule has 2 aliphatic rings. The summed E-state index contributed by atoms with van der Waals surface area (Å²) in [7, 11) is 1.51. The molecule has 7 nitrogen and oxygen atoms in total. The van der Waals surface area contributed by atoms with Crippen LogP contribution < -0.4 is 5.32 Å². The van der Waals surface area contributed by atoms with Crippen molar-refractivity contribution in [3.63, 3.8) is 0 Å². The van der Waals surface area contributed by atoms with Crippen LogP contribution in [0.15, 0.2) is 0 Å². The van der Waals surface area contributed by atoms with E-state index in [1.54, 1.807) is 0 Å². The van der Waals surface area contributed by atoms with Crippen LogP contribution in [0.3, 0.4) is 0 Å². The average molecular weight is 264 g/mol. The lowest BCUT2D eigenvalue weighted by Crippen LogP contribution is -2.50. The minimum Gasteiger partial charge on any atom is -0.336 e. The lowest BCUT2D eigenvalue weighted by atomic mass is 10.00. The van der Waals surface area contributed by atoms with Crippen LogP contribution in [0.5, 0.6) is 0 Å². The van der Waals surface area contributed by atoms with Crippen molar-refractivity contribution in [3.8, 4) is 6.07 Å². The molecule has 1 aliphatic carbocycles. The largest absolute Gasteiger partial charge is 0.336 e. The van der Waals surface area contributed by atoms with Gasteiger partial charge in [-0.2, -0.15) is 5.26 Å². The molecule has 0 atom stereocenters. The Morgan fingerprint density at radius 3 is 2.53 bits per heavy atom. The molecule has 1 saturated carbocycles. The smallest absolute Gasteiger partial charge is 0.327 e. The predicted molar refractivity (Wildman–Crippen MR) is 64.7 cm³/mol. The van der Waals surface area contributed by atoms with Crippen molar-refractivity contribution in [1.29, 1.82) is 5.26 Å². The Labute approximate surface area is 111 Å². The van der Waals surface area contributed by atoms with Gasteiger partial charge in [0.25, 0.3) is 5.91 Å². The van der Waals surface area contributed by atoms with Gasteiger partial charge in [0.1, 0.15) is 18.6 Å². The monoisotopic (exact) mass is 264 g/mol. The fraction of sp³-hybridized carbons (Fsp3) is 0.667. The van der Waals surface area contributed by atoms with Gasteiger partial charge < -0.3 is 10.2 Å². The van der Waals surface area contributed by atoms with Crippen LogP contribution >= 0.6 is 0 Å². The maximum Gasteiger partial charge on any atom is 0.327 e. The molecule has 0 bridgehead atoms. The van der Waals surface area contributed by atoms with Crippen LogP contribution in [-0.4, -0.2) is 53.3 Å². The maximum absolute atomic E-state index is 11.9. The molecule has 1 heterocycles. The predicted octanol–water partition coefficient (Wildman–Crippen LogP) is -0.167. The molecule has 2 rings (SSSR count). The standard InChI is InChI=1S/C12H16N4O3/c1-15-7-10(18)16(11(15)19)6-9(17)14-12(8-13)4-2-3-5-12/h2-7H2,1H3,(H,14,17). The van der Waals surface area contributed by atoms with Crippen molar-refractivity contribution in [3.05, 3.63) is 0 Å². The van der Waals surface area contributed by atoms with E-state index in [9.17, 15) is 14.4 Å². The highest BCUT2D eigenvalue weighted by molar-refractivity contribution is 6.04. The normalized spacial score (nSPS) is 21.7. The molecule has 0 aromatic heterocycles. The third-order valence-electron chi connectivity index (χ3n) is 3.58. The highest BCUT2D eigenvalue weighted by atomic mass is 16.2. The van der Waals surface area contributed by atoms with Crippen molar-refractivity contribution >= 4 is 17.8 Å². The van der Waals surface area contributed by atoms with Gasteiger partial charge >= 0.3 is 6.03 Å². The van der Waals surface area contributed by atoms with Gasteiger partial charge in [0.05, 0.1) is 6.07 Å². The fourth-order valence-corrected chi connectivity index (χ4v) is 2.52. The van der Waals surface area contributed by atoms with Crippen molar-refractivity contribution in [2.75, 3.05) is 20.1 Å². The van der Waals surface area contributed by atoms with Crippen LogP contribution in [0.2, 0.25) is 0 Å². The minimum absolute atomic E-state index is 0.00446. The number of carbonyl (C=O) groups excluding carboxylic acids is 3. The second-order valence-corrected chi connectivity index (χ2v) is 5.07. The molecule has 1 aliphatic heterocycles. The molecule has 7 heteroatoms. The Morgan fingerprint density at radius 2 is 2.05 bits per heavy atom. The third kappa shape index (κ3) is 2.52. The Balaban J connectivity index is 1.97. The molecule has 2 fully saturated rings. The Bertz CT molecular complexity index is 462. The van der Waals surface area contributed by atoms with E-state index in [4.69, 9.17) is 5.26 Å². The third-order valence-corrected chi connectivity index (χ3v) is 3.58. The molecular weight excluding hydrogens is 248 g/mol. The highest BCUT2D eigenvalue weighted by Gasteiger charge is 2.38. The molecule has 0 spiro atoms. The topological polar surface area (TPSA) is 93.5 Å². The second-order valence-electron chi connectivity index (χ2n) is 5.07. The maximum atomic E-state index is 11.9. The van der Waals surface area contributed by atoms with Crippen LogP contribution in [0.1, 0.15) is 25.7 Å². The first-order chi connectivity index (χ1) is 8.97. The number of rotatable bonds is 3. The molecule has 0 radical (unpaired) electrons. The Kier molecular flexibility index (Phi) is 3.42. The van der Waals surface area contributed by atoms with E-state index in [0.717, 1.165) is 17.7 Å². The van der Waals surface area contributed by atoms with Crippen LogP contribution in [0.25, 0.3) is 0 Å². The lowest BCUT2D eigenvalue weighted by molar-refractivity contribution is -0.131. The fourth-order valence-electron chi connectivity index (χ4n) is 2.52. The summed E-state index contributed by atoms with van der Waals surface area (Å²) in [4.78, 5) is 37.2. The van der Waals surface area contributed by atoms with Gasteiger partial charge in [0.2, 0.25) is 5.91 Å². The number of hydrogen-bond acceptors (Lipinski definition) is 4. The zero-order valence-corrected chi connectivity index (χ0v) is 10.8. The molecule has 1 saturated heterocycles. The molecule has 19 heavy (non-hydrogen) atoms. The van der Waals surface area contributed by atoms with Crippen LogP contribution in [0, 0.1) is 11.3 Å². The van der Waals surface area contributed by atoms with E-state index in [2.05, 4.69) is 11.4 Å². The number of nitriles is 1. The van der Waals surface area contributed by atoms with Crippen molar-refractivity contribution < 1.29 is 14.4 Å². The molecule has 1 N–H and O–H groups in total. The summed E-state index contributed by atoms with van der Waals surface area (Å²) < 4.78 is 0. The quantitative estimate of drug-likeness (QED) is 0.716. The molecule has 4 amide bonds. The SMILES string of the molecule is CN1CC(=O)N(CC(=O)NC2(C#N)CCCC2)C1=O. The summed E-state index contributed by atoms with van der Waals surface area (Å²) in [6.07, 6.45) is 3.05. The first-order valence-electron chi connectivity index (χ1n) is 6.25. The first-order valence-corrected chi connectivity index (χ1v) is 6.25. The van der Waals surface area contributed by atoms with Crippen molar-refractivity contribution in [2.45, 2.75) is 31.2 Å². The summed E-state index contributed by atoms with van der Waals surface area (Å²) in [5.74, 6) is -0.847. The molecule has 0 aromatic rings. The van der Waals surface area contributed by atoms with E-state index >= 15 is 0 Å². The summed E-state index contributed by atoms with van der Waals surface area (Å²) in [5.41, 5.74) is -0.825. The summed E-state index contributed by atoms with van der Waals surface area (Å²) in [6, 6.07) is 1.66. The van der Waals surface area contributed by atoms with Crippen molar-refractivity contribution in [1.82, 2.24) is 15.1 Å². The van der Waals surface area contributed by atoms with Gasteiger partial charge in [0, 0.05) is 7.05 Å². The van der Waals surface area contributed by atoms with Gasteiger partial charge in [-0.25, -0.2) is 4.79 Å². The van der Waals surface area contributed by atoms with Gasteiger partial charge in [-0.3, -0.25) is 14.5 Å². The molecular formula is C12H16N4O3. The van der Waals surface area contributed by atoms with Crippen LogP contribution in [0.4, 0.5) is 4.79 Å². The first kappa shape index (κ1) is 13.3. The number of carbonyl (C=O) groups is 3. The lowest BCUT2D eigenvalue weighted by Gasteiger charge is -2.23. The summed E-state index contributed by atoms with van der Waals surface area (Å²) in [5, 5.41) is 11.8. The highest BCUT2D eigenvalue weighted by Crippen LogP contribution is 2.28. The number of nitrogens with one attached hydrogen (secondary N) is 1. The molecule has 0 unspecified atom stereocenters. The molecule has 0 aromatic carbocycles.